The van der Waals surface area contributed by atoms with Crippen LogP contribution in [-0.4, -0.2) is 48.1 Å². The van der Waals surface area contributed by atoms with Gasteiger partial charge in [-0.05, 0) is 38.9 Å². The lowest BCUT2D eigenvalue weighted by molar-refractivity contribution is 0.352. The maximum absolute atomic E-state index is 4.55. The van der Waals surface area contributed by atoms with Gasteiger partial charge in [-0.3, -0.25) is 0 Å². The number of fused-ring (bicyclic) bond motifs is 1. The standard InChI is InChI=1S/C14H21N5S/c1-10-9-11-12(16-5-8-19-6-3-4-7-19)17-14(15-2)18-13(11)20-10/h9H,3-8H2,1-2H3,(H2,15,16,17,18). The first-order chi connectivity index (χ1) is 9.76. The van der Waals surface area contributed by atoms with E-state index in [4.69, 9.17) is 0 Å². The van der Waals surface area contributed by atoms with Crippen molar-refractivity contribution < 1.29 is 0 Å². The summed E-state index contributed by atoms with van der Waals surface area (Å²) in [7, 11) is 1.86. The predicted octanol–water partition coefficient (Wildman–Crippen LogP) is 2.55. The van der Waals surface area contributed by atoms with Crippen LogP contribution in [0.15, 0.2) is 6.07 Å². The molecule has 1 fully saturated rings. The molecular formula is C14H21N5S. The molecule has 0 bridgehead atoms. The highest BCUT2D eigenvalue weighted by molar-refractivity contribution is 7.18. The summed E-state index contributed by atoms with van der Waals surface area (Å²) in [6.07, 6.45) is 2.68. The lowest BCUT2D eigenvalue weighted by Crippen LogP contribution is -2.26. The van der Waals surface area contributed by atoms with Crippen LogP contribution in [-0.2, 0) is 0 Å². The number of hydrogen-bond acceptors (Lipinski definition) is 6. The Kier molecular flexibility index (Phi) is 4.03. The van der Waals surface area contributed by atoms with E-state index in [9.17, 15) is 0 Å². The van der Waals surface area contributed by atoms with E-state index in [0.29, 0.717) is 5.95 Å². The van der Waals surface area contributed by atoms with Crippen molar-refractivity contribution in [3.63, 3.8) is 0 Å². The van der Waals surface area contributed by atoms with Crippen molar-refractivity contribution in [3.05, 3.63) is 10.9 Å². The number of rotatable bonds is 5. The Hall–Kier alpha value is -1.40. The van der Waals surface area contributed by atoms with Gasteiger partial charge in [0.15, 0.2) is 0 Å². The van der Waals surface area contributed by atoms with E-state index >= 15 is 0 Å². The third-order valence-corrected chi connectivity index (χ3v) is 4.60. The zero-order chi connectivity index (χ0) is 13.9. The molecule has 1 aliphatic rings. The molecule has 2 aromatic rings. The van der Waals surface area contributed by atoms with E-state index in [1.54, 1.807) is 11.3 Å². The molecule has 0 saturated carbocycles. The van der Waals surface area contributed by atoms with E-state index in [1.807, 2.05) is 7.05 Å². The molecule has 0 aromatic carbocycles. The number of aromatic nitrogens is 2. The summed E-state index contributed by atoms with van der Waals surface area (Å²) in [6, 6.07) is 2.16. The Labute approximate surface area is 123 Å². The van der Waals surface area contributed by atoms with Crippen molar-refractivity contribution in [2.75, 3.05) is 43.9 Å². The highest BCUT2D eigenvalue weighted by Gasteiger charge is 2.12. The SMILES string of the molecule is CNc1nc(NCCN2CCCC2)c2cc(C)sc2n1. The molecule has 2 N–H and O–H groups in total. The molecule has 0 aliphatic carbocycles. The Morgan fingerprint density at radius 2 is 2.10 bits per heavy atom. The maximum Gasteiger partial charge on any atom is 0.225 e. The molecule has 2 aromatic heterocycles. The number of aryl methyl sites for hydroxylation is 1. The molecule has 0 amide bonds. The Balaban J connectivity index is 1.74. The molecule has 108 valence electrons. The maximum atomic E-state index is 4.55. The number of anilines is 2. The topological polar surface area (TPSA) is 53.1 Å². The summed E-state index contributed by atoms with van der Waals surface area (Å²) < 4.78 is 0. The molecule has 20 heavy (non-hydrogen) atoms. The molecule has 0 unspecified atom stereocenters. The second-order valence-corrected chi connectivity index (χ2v) is 6.43. The zero-order valence-corrected chi connectivity index (χ0v) is 12.9. The van der Waals surface area contributed by atoms with Gasteiger partial charge in [0.2, 0.25) is 5.95 Å². The van der Waals surface area contributed by atoms with Gasteiger partial charge in [0, 0.05) is 25.0 Å². The number of thiophene rings is 1. The highest BCUT2D eigenvalue weighted by Crippen LogP contribution is 2.29. The minimum Gasteiger partial charge on any atom is -0.368 e. The minimum absolute atomic E-state index is 0.683. The lowest BCUT2D eigenvalue weighted by Gasteiger charge is -2.15. The van der Waals surface area contributed by atoms with E-state index in [2.05, 4.69) is 38.5 Å². The fraction of sp³-hybridized carbons (Fsp3) is 0.571. The van der Waals surface area contributed by atoms with Crippen molar-refractivity contribution in [1.29, 1.82) is 0 Å². The minimum atomic E-state index is 0.683. The summed E-state index contributed by atoms with van der Waals surface area (Å²) in [4.78, 5) is 13.9. The van der Waals surface area contributed by atoms with Gasteiger partial charge in [0.25, 0.3) is 0 Å². The van der Waals surface area contributed by atoms with Crippen LogP contribution in [0.5, 0.6) is 0 Å². The molecule has 0 radical (unpaired) electrons. The van der Waals surface area contributed by atoms with Gasteiger partial charge in [0.1, 0.15) is 10.6 Å². The van der Waals surface area contributed by atoms with Gasteiger partial charge in [0.05, 0.1) is 5.39 Å². The number of likely N-dealkylation sites (tertiary alicyclic amines) is 1. The van der Waals surface area contributed by atoms with Crippen LogP contribution < -0.4 is 10.6 Å². The molecule has 3 heterocycles. The van der Waals surface area contributed by atoms with Crippen molar-refractivity contribution in [1.82, 2.24) is 14.9 Å². The average molecular weight is 291 g/mol. The first-order valence-electron chi connectivity index (χ1n) is 7.18. The Morgan fingerprint density at radius 3 is 2.85 bits per heavy atom. The summed E-state index contributed by atoms with van der Waals surface area (Å²) in [6.45, 7) is 6.60. The van der Waals surface area contributed by atoms with E-state index < -0.39 is 0 Å². The van der Waals surface area contributed by atoms with Crippen LogP contribution in [0, 0.1) is 6.92 Å². The first-order valence-corrected chi connectivity index (χ1v) is 8.00. The average Bonchev–Trinajstić information content (AvgIpc) is 3.06. The summed E-state index contributed by atoms with van der Waals surface area (Å²) >= 11 is 1.71. The monoisotopic (exact) mass is 291 g/mol. The number of hydrogen-bond donors (Lipinski definition) is 2. The van der Waals surface area contributed by atoms with Crippen LogP contribution >= 0.6 is 11.3 Å². The molecule has 0 spiro atoms. The molecule has 3 rings (SSSR count). The van der Waals surface area contributed by atoms with Crippen molar-refractivity contribution in [2.24, 2.45) is 0 Å². The quantitative estimate of drug-likeness (QED) is 0.886. The van der Waals surface area contributed by atoms with Gasteiger partial charge in [-0.25, -0.2) is 4.98 Å². The second-order valence-electron chi connectivity index (χ2n) is 5.20. The zero-order valence-electron chi connectivity index (χ0n) is 12.1. The van der Waals surface area contributed by atoms with Crippen LogP contribution in [0.2, 0.25) is 0 Å². The lowest BCUT2D eigenvalue weighted by atomic mass is 10.3. The third-order valence-electron chi connectivity index (χ3n) is 3.66. The largest absolute Gasteiger partial charge is 0.368 e. The Morgan fingerprint density at radius 1 is 1.30 bits per heavy atom. The molecular weight excluding hydrogens is 270 g/mol. The van der Waals surface area contributed by atoms with E-state index in [0.717, 1.165) is 29.1 Å². The summed E-state index contributed by atoms with van der Waals surface area (Å²) in [5.74, 6) is 1.63. The van der Waals surface area contributed by atoms with E-state index in [1.165, 1.54) is 30.8 Å². The van der Waals surface area contributed by atoms with Crippen LogP contribution in [0.4, 0.5) is 11.8 Å². The Bertz CT molecular complexity index is 589. The van der Waals surface area contributed by atoms with Gasteiger partial charge in [-0.2, -0.15) is 4.98 Å². The smallest absolute Gasteiger partial charge is 0.225 e. The summed E-state index contributed by atoms with van der Waals surface area (Å²) in [5, 5.41) is 7.64. The van der Waals surface area contributed by atoms with Crippen molar-refractivity contribution in [2.45, 2.75) is 19.8 Å². The van der Waals surface area contributed by atoms with E-state index in [-0.39, 0.29) is 0 Å². The van der Waals surface area contributed by atoms with Gasteiger partial charge in [-0.15, -0.1) is 11.3 Å². The molecule has 1 aliphatic heterocycles. The summed E-state index contributed by atoms with van der Waals surface area (Å²) in [5.41, 5.74) is 0. The van der Waals surface area contributed by atoms with Crippen LogP contribution in [0.3, 0.4) is 0 Å². The van der Waals surface area contributed by atoms with Crippen LogP contribution in [0.1, 0.15) is 17.7 Å². The van der Waals surface area contributed by atoms with Gasteiger partial charge < -0.3 is 15.5 Å². The first kappa shape index (κ1) is 13.6. The predicted molar refractivity (Wildman–Crippen MR) is 85.9 cm³/mol. The fourth-order valence-corrected chi connectivity index (χ4v) is 3.51. The van der Waals surface area contributed by atoms with Gasteiger partial charge >= 0.3 is 0 Å². The molecule has 0 atom stereocenters. The molecule has 1 saturated heterocycles. The number of nitrogens with zero attached hydrogens (tertiary/aromatic N) is 3. The highest BCUT2D eigenvalue weighted by atomic mass is 32.1. The third kappa shape index (κ3) is 2.86. The number of nitrogens with one attached hydrogen (secondary N) is 2. The van der Waals surface area contributed by atoms with Crippen LogP contribution in [0.25, 0.3) is 10.2 Å². The molecule has 6 heteroatoms. The van der Waals surface area contributed by atoms with Crippen molar-refractivity contribution in [3.8, 4) is 0 Å². The fourth-order valence-electron chi connectivity index (χ4n) is 2.63. The molecule has 5 nitrogen and oxygen atoms in total. The normalized spacial score (nSPS) is 15.9. The van der Waals surface area contributed by atoms with Gasteiger partial charge in [-0.1, -0.05) is 0 Å². The second kappa shape index (κ2) is 5.93. The van der Waals surface area contributed by atoms with Crippen molar-refractivity contribution >= 4 is 33.3 Å².